The van der Waals surface area contributed by atoms with Gasteiger partial charge < -0.3 is 10.6 Å². The Hall–Kier alpha value is -1.66. The maximum absolute atomic E-state index is 13.0. The van der Waals surface area contributed by atoms with Crippen molar-refractivity contribution in [1.82, 2.24) is 15.1 Å². The summed E-state index contributed by atoms with van der Waals surface area (Å²) in [5.41, 5.74) is 1.59. The van der Waals surface area contributed by atoms with Gasteiger partial charge in [-0.25, -0.2) is 4.39 Å². The van der Waals surface area contributed by atoms with Crippen LogP contribution in [0, 0.1) is 5.82 Å². The van der Waals surface area contributed by atoms with E-state index in [1.165, 1.54) is 12.1 Å². The first-order chi connectivity index (χ1) is 9.94. The second kappa shape index (κ2) is 6.87. The number of hydrogen-bond donors (Lipinski definition) is 2. The maximum atomic E-state index is 13.0. The third kappa shape index (κ3) is 4.68. The quantitative estimate of drug-likeness (QED) is 0.845. The minimum Gasteiger partial charge on any atom is -0.360 e. The van der Waals surface area contributed by atoms with Crippen LogP contribution in [-0.2, 0) is 6.54 Å². The average molecular weight is 327 g/mol. The fraction of sp³-hybridized carbons (Fsp3) is 0.286. The molecule has 4 nitrogen and oxygen atoms in total. The zero-order valence-corrected chi connectivity index (χ0v) is 13.3. The van der Waals surface area contributed by atoms with Crippen LogP contribution in [0.1, 0.15) is 19.4 Å². The monoisotopic (exact) mass is 326 g/mol. The molecule has 2 N–H and O–H groups in total. The van der Waals surface area contributed by atoms with Gasteiger partial charge in [0, 0.05) is 17.3 Å². The van der Waals surface area contributed by atoms with E-state index in [2.05, 4.69) is 15.7 Å². The molecule has 21 heavy (non-hydrogen) atoms. The number of halogens is 2. The molecule has 0 spiro atoms. The number of hydrogen-bond acceptors (Lipinski definition) is 2. The summed E-state index contributed by atoms with van der Waals surface area (Å²) in [6, 6.07) is 4.59. The molecule has 0 aliphatic rings. The van der Waals surface area contributed by atoms with Gasteiger partial charge in [0.05, 0.1) is 18.4 Å². The van der Waals surface area contributed by atoms with Crippen LogP contribution in [0.15, 0.2) is 30.6 Å². The molecule has 0 radical (unpaired) electrons. The fourth-order valence-electron chi connectivity index (χ4n) is 1.77. The van der Waals surface area contributed by atoms with Crippen LogP contribution >= 0.6 is 23.8 Å². The Morgan fingerprint density at radius 1 is 1.48 bits per heavy atom. The topological polar surface area (TPSA) is 41.9 Å². The molecular weight excluding hydrogens is 311 g/mol. The van der Waals surface area contributed by atoms with Gasteiger partial charge in [-0.05, 0) is 43.8 Å². The Morgan fingerprint density at radius 3 is 2.90 bits per heavy atom. The summed E-state index contributed by atoms with van der Waals surface area (Å²) in [5, 5.41) is 11.3. The Morgan fingerprint density at radius 2 is 2.24 bits per heavy atom. The van der Waals surface area contributed by atoms with Gasteiger partial charge in [0.2, 0.25) is 0 Å². The SMILES string of the molecule is CC(C)NC(=S)Nc1cnn(Cc2ccc(F)cc2Cl)c1. The second-order valence-corrected chi connectivity index (χ2v) is 5.73. The summed E-state index contributed by atoms with van der Waals surface area (Å²) < 4.78 is 14.7. The second-order valence-electron chi connectivity index (χ2n) is 4.92. The molecule has 0 saturated heterocycles. The number of nitrogens with one attached hydrogen (secondary N) is 2. The first-order valence-electron chi connectivity index (χ1n) is 6.48. The van der Waals surface area contributed by atoms with Crippen molar-refractivity contribution < 1.29 is 4.39 Å². The van der Waals surface area contributed by atoms with Gasteiger partial charge in [-0.1, -0.05) is 17.7 Å². The maximum Gasteiger partial charge on any atom is 0.171 e. The van der Waals surface area contributed by atoms with Crippen molar-refractivity contribution in [3.8, 4) is 0 Å². The normalized spacial score (nSPS) is 10.7. The largest absolute Gasteiger partial charge is 0.360 e. The molecule has 1 aromatic carbocycles. The minimum absolute atomic E-state index is 0.262. The highest BCUT2D eigenvalue weighted by atomic mass is 35.5. The Kier molecular flexibility index (Phi) is 5.14. The highest BCUT2D eigenvalue weighted by Gasteiger charge is 2.06. The first-order valence-corrected chi connectivity index (χ1v) is 7.26. The molecule has 2 aromatic rings. The zero-order chi connectivity index (χ0) is 15.4. The first kappa shape index (κ1) is 15.7. The highest BCUT2D eigenvalue weighted by Crippen LogP contribution is 2.18. The lowest BCUT2D eigenvalue weighted by Crippen LogP contribution is -2.33. The summed E-state index contributed by atoms with van der Waals surface area (Å²) in [5.74, 6) is -0.350. The van der Waals surface area contributed by atoms with Gasteiger partial charge in [-0.15, -0.1) is 0 Å². The molecule has 112 valence electrons. The van der Waals surface area contributed by atoms with E-state index >= 15 is 0 Å². The third-order valence-electron chi connectivity index (χ3n) is 2.66. The van der Waals surface area contributed by atoms with Crippen molar-refractivity contribution in [3.63, 3.8) is 0 Å². The van der Waals surface area contributed by atoms with Gasteiger partial charge in [-0.2, -0.15) is 5.10 Å². The van der Waals surface area contributed by atoms with E-state index < -0.39 is 0 Å². The lowest BCUT2D eigenvalue weighted by Gasteiger charge is -2.11. The third-order valence-corrected chi connectivity index (χ3v) is 3.23. The lowest BCUT2D eigenvalue weighted by molar-refractivity contribution is 0.624. The van der Waals surface area contributed by atoms with Crippen LogP contribution in [0.3, 0.4) is 0 Å². The van der Waals surface area contributed by atoms with Crippen molar-refractivity contribution in [3.05, 3.63) is 47.0 Å². The van der Waals surface area contributed by atoms with Crippen molar-refractivity contribution in [1.29, 1.82) is 0 Å². The van der Waals surface area contributed by atoms with E-state index in [0.717, 1.165) is 11.3 Å². The van der Waals surface area contributed by atoms with E-state index in [-0.39, 0.29) is 11.9 Å². The molecule has 0 aliphatic heterocycles. The molecule has 0 bridgehead atoms. The predicted molar refractivity (Wildman–Crippen MR) is 87.2 cm³/mol. The summed E-state index contributed by atoms with van der Waals surface area (Å²) in [7, 11) is 0. The number of aromatic nitrogens is 2. The Balaban J connectivity index is 2.01. The van der Waals surface area contributed by atoms with Crippen LogP contribution in [0.2, 0.25) is 5.02 Å². The van der Waals surface area contributed by atoms with Crippen LogP contribution in [0.5, 0.6) is 0 Å². The van der Waals surface area contributed by atoms with Crippen LogP contribution in [0.4, 0.5) is 10.1 Å². The smallest absolute Gasteiger partial charge is 0.171 e. The number of nitrogens with zero attached hydrogens (tertiary/aromatic N) is 2. The molecular formula is C14H16ClFN4S. The van der Waals surface area contributed by atoms with Gasteiger partial charge in [-0.3, -0.25) is 4.68 Å². The molecule has 0 fully saturated rings. The molecule has 1 aromatic heterocycles. The van der Waals surface area contributed by atoms with Gasteiger partial charge in [0.25, 0.3) is 0 Å². The summed E-state index contributed by atoms with van der Waals surface area (Å²) in [4.78, 5) is 0. The van der Waals surface area contributed by atoms with E-state index in [0.29, 0.717) is 16.7 Å². The molecule has 0 aliphatic carbocycles. The molecule has 0 amide bonds. The van der Waals surface area contributed by atoms with Gasteiger partial charge in [0.15, 0.2) is 5.11 Å². The summed E-state index contributed by atoms with van der Waals surface area (Å²) in [6.45, 7) is 4.48. The standard InChI is InChI=1S/C14H16ClFN4S/c1-9(2)18-14(21)19-12-6-17-20(8-12)7-10-3-4-11(16)5-13(10)15/h3-6,8-9H,7H2,1-2H3,(H2,18,19,21). The fourth-order valence-corrected chi connectivity index (χ4v) is 2.35. The lowest BCUT2D eigenvalue weighted by atomic mass is 10.2. The summed E-state index contributed by atoms with van der Waals surface area (Å²) in [6.07, 6.45) is 3.49. The number of thiocarbonyl (C=S) groups is 1. The van der Waals surface area contributed by atoms with Crippen molar-refractivity contribution >= 4 is 34.6 Å². The van der Waals surface area contributed by atoms with E-state index in [1.807, 2.05) is 20.0 Å². The van der Waals surface area contributed by atoms with Crippen molar-refractivity contribution in [2.24, 2.45) is 0 Å². The summed E-state index contributed by atoms with van der Waals surface area (Å²) >= 11 is 11.2. The molecule has 1 heterocycles. The highest BCUT2D eigenvalue weighted by molar-refractivity contribution is 7.80. The van der Waals surface area contributed by atoms with Crippen LogP contribution < -0.4 is 10.6 Å². The minimum atomic E-state index is -0.350. The van der Waals surface area contributed by atoms with Gasteiger partial charge in [0.1, 0.15) is 5.82 Å². The van der Waals surface area contributed by atoms with Gasteiger partial charge >= 0.3 is 0 Å². The molecule has 0 saturated carbocycles. The van der Waals surface area contributed by atoms with E-state index in [4.69, 9.17) is 23.8 Å². The number of rotatable bonds is 4. The zero-order valence-electron chi connectivity index (χ0n) is 11.7. The Labute approximate surface area is 133 Å². The van der Waals surface area contributed by atoms with Crippen LogP contribution in [0.25, 0.3) is 0 Å². The average Bonchev–Trinajstić information content (AvgIpc) is 2.79. The van der Waals surface area contributed by atoms with Crippen LogP contribution in [-0.4, -0.2) is 20.9 Å². The predicted octanol–water partition coefficient (Wildman–Crippen LogP) is 3.42. The molecule has 2 rings (SSSR count). The number of anilines is 1. The number of benzene rings is 1. The molecule has 0 unspecified atom stereocenters. The van der Waals surface area contributed by atoms with E-state index in [1.54, 1.807) is 16.9 Å². The van der Waals surface area contributed by atoms with E-state index in [9.17, 15) is 4.39 Å². The van der Waals surface area contributed by atoms with Crippen molar-refractivity contribution in [2.75, 3.05) is 5.32 Å². The molecule has 7 heteroatoms. The van der Waals surface area contributed by atoms with Crippen molar-refractivity contribution in [2.45, 2.75) is 26.4 Å². The Bertz CT molecular complexity index is 642. The molecule has 0 atom stereocenters.